The second-order valence-electron chi connectivity index (χ2n) is 7.66. The van der Waals surface area contributed by atoms with Crippen molar-refractivity contribution in [3.8, 4) is 0 Å². The molecule has 6 nitrogen and oxygen atoms in total. The molecule has 0 aliphatic carbocycles. The second-order valence-corrected chi connectivity index (χ2v) is 7.66. The Morgan fingerprint density at radius 1 is 1.10 bits per heavy atom. The average molecular weight is 423 g/mol. The van der Waals surface area contributed by atoms with E-state index in [2.05, 4.69) is 6.92 Å². The van der Waals surface area contributed by atoms with E-state index in [9.17, 15) is 14.0 Å². The van der Waals surface area contributed by atoms with Gasteiger partial charge in [0.1, 0.15) is 5.82 Å². The summed E-state index contributed by atoms with van der Waals surface area (Å²) >= 11 is 0. The molecule has 4 rings (SSSR count). The maximum absolute atomic E-state index is 15.0. The molecule has 0 saturated carbocycles. The Morgan fingerprint density at radius 3 is 2.58 bits per heavy atom. The van der Waals surface area contributed by atoms with Gasteiger partial charge in [-0.05, 0) is 31.5 Å². The smallest absolute Gasteiger partial charge is 0.321 e. The number of esters is 1. The first kappa shape index (κ1) is 21.0. The van der Waals surface area contributed by atoms with Gasteiger partial charge in [0, 0.05) is 12.1 Å². The van der Waals surface area contributed by atoms with Crippen LogP contribution in [0.1, 0.15) is 44.7 Å². The Morgan fingerprint density at radius 2 is 1.84 bits per heavy atom. The van der Waals surface area contributed by atoms with Gasteiger partial charge in [0.2, 0.25) is 11.9 Å². The molecule has 1 aromatic heterocycles. The number of para-hydroxylation sites is 2. The molecule has 2 heterocycles. The summed E-state index contributed by atoms with van der Waals surface area (Å²) in [6, 6.07) is 12.8. The van der Waals surface area contributed by atoms with Crippen molar-refractivity contribution in [1.82, 2.24) is 9.55 Å². The summed E-state index contributed by atoms with van der Waals surface area (Å²) in [6.45, 7) is 4.36. The number of halogens is 1. The van der Waals surface area contributed by atoms with Crippen molar-refractivity contribution >= 4 is 28.9 Å². The highest BCUT2D eigenvalue weighted by molar-refractivity contribution is 6.08. The molecule has 0 unspecified atom stereocenters. The number of imidazole rings is 1. The molecule has 0 N–H and O–H groups in total. The highest BCUT2D eigenvalue weighted by Crippen LogP contribution is 2.42. The van der Waals surface area contributed by atoms with Crippen LogP contribution in [0.25, 0.3) is 11.0 Å². The molecule has 1 aliphatic heterocycles. The van der Waals surface area contributed by atoms with Gasteiger partial charge in [-0.15, -0.1) is 0 Å². The number of hydrogen-bond acceptors (Lipinski definition) is 4. The SMILES string of the molecule is CCCCCN1C(=O)[C@@H](C(=O)OCC)[C@H](c2ccccc2F)n2c1nc1ccccc12. The van der Waals surface area contributed by atoms with Gasteiger partial charge >= 0.3 is 5.97 Å². The molecule has 2 atom stereocenters. The minimum atomic E-state index is -1.19. The summed E-state index contributed by atoms with van der Waals surface area (Å²) in [4.78, 5) is 32.9. The summed E-state index contributed by atoms with van der Waals surface area (Å²) in [5.74, 6) is -2.27. The van der Waals surface area contributed by atoms with Crippen molar-refractivity contribution in [3.63, 3.8) is 0 Å². The van der Waals surface area contributed by atoms with Crippen LogP contribution in [0.5, 0.6) is 0 Å². The Labute approximate surface area is 180 Å². The number of unbranched alkanes of at least 4 members (excludes halogenated alkanes) is 2. The molecular formula is C24H26FN3O3. The van der Waals surface area contributed by atoms with Crippen LogP contribution >= 0.6 is 0 Å². The fourth-order valence-corrected chi connectivity index (χ4v) is 4.27. The van der Waals surface area contributed by atoms with Crippen molar-refractivity contribution in [2.45, 2.75) is 39.2 Å². The zero-order valence-electron chi connectivity index (χ0n) is 17.8. The number of carbonyl (C=O) groups excluding carboxylic acids is 2. The van der Waals surface area contributed by atoms with Crippen LogP contribution in [0.2, 0.25) is 0 Å². The highest BCUT2D eigenvalue weighted by atomic mass is 19.1. The molecule has 1 amide bonds. The zero-order chi connectivity index (χ0) is 22.0. The normalized spacial score (nSPS) is 18.3. The molecule has 162 valence electrons. The zero-order valence-corrected chi connectivity index (χ0v) is 17.8. The molecule has 0 radical (unpaired) electrons. The molecule has 3 aromatic rings. The van der Waals surface area contributed by atoms with Crippen LogP contribution in [-0.4, -0.2) is 34.6 Å². The predicted molar refractivity (Wildman–Crippen MR) is 116 cm³/mol. The van der Waals surface area contributed by atoms with E-state index in [1.807, 2.05) is 28.8 Å². The number of amides is 1. The Balaban J connectivity index is 1.96. The van der Waals surface area contributed by atoms with Crippen molar-refractivity contribution in [1.29, 1.82) is 0 Å². The van der Waals surface area contributed by atoms with E-state index in [1.54, 1.807) is 30.0 Å². The number of benzene rings is 2. The molecule has 0 fully saturated rings. The number of anilines is 1. The van der Waals surface area contributed by atoms with Crippen molar-refractivity contribution in [2.75, 3.05) is 18.1 Å². The number of fused-ring (bicyclic) bond motifs is 3. The van der Waals surface area contributed by atoms with E-state index >= 15 is 0 Å². The van der Waals surface area contributed by atoms with Crippen LogP contribution < -0.4 is 4.90 Å². The second kappa shape index (κ2) is 8.88. The van der Waals surface area contributed by atoms with Gasteiger partial charge in [-0.2, -0.15) is 0 Å². The molecule has 0 saturated heterocycles. The van der Waals surface area contributed by atoms with E-state index in [0.717, 1.165) is 24.8 Å². The van der Waals surface area contributed by atoms with E-state index in [1.165, 1.54) is 6.07 Å². The lowest BCUT2D eigenvalue weighted by molar-refractivity contribution is -0.153. The summed E-state index contributed by atoms with van der Waals surface area (Å²) in [5.41, 5.74) is 1.70. The predicted octanol–water partition coefficient (Wildman–Crippen LogP) is 4.48. The summed E-state index contributed by atoms with van der Waals surface area (Å²) in [5, 5.41) is 0. The molecular weight excluding hydrogens is 397 g/mol. The monoisotopic (exact) mass is 423 g/mol. The molecule has 0 bridgehead atoms. The standard InChI is InChI=1S/C24H26FN3O3/c1-3-5-10-15-27-22(29)20(23(30)31-4-2)21(16-11-6-7-12-17(16)25)28-19-14-9-8-13-18(19)26-24(27)28/h6-9,11-14,20-21H,3-5,10,15H2,1-2H3/t20-,21-/m0/s1. The lowest BCUT2D eigenvalue weighted by Gasteiger charge is -2.38. The van der Waals surface area contributed by atoms with E-state index in [-0.39, 0.29) is 12.2 Å². The lowest BCUT2D eigenvalue weighted by atomic mass is 9.89. The van der Waals surface area contributed by atoms with E-state index < -0.39 is 29.7 Å². The largest absolute Gasteiger partial charge is 0.465 e. The first-order valence-electron chi connectivity index (χ1n) is 10.8. The third-order valence-corrected chi connectivity index (χ3v) is 5.69. The highest BCUT2D eigenvalue weighted by Gasteiger charge is 2.48. The third-order valence-electron chi connectivity index (χ3n) is 5.69. The Bertz CT molecular complexity index is 1110. The van der Waals surface area contributed by atoms with Gasteiger partial charge < -0.3 is 9.30 Å². The van der Waals surface area contributed by atoms with Gasteiger partial charge in [-0.25, -0.2) is 9.37 Å². The van der Waals surface area contributed by atoms with Crippen LogP contribution in [0, 0.1) is 11.7 Å². The first-order valence-corrected chi connectivity index (χ1v) is 10.8. The van der Waals surface area contributed by atoms with Crippen molar-refractivity contribution in [3.05, 3.63) is 59.9 Å². The van der Waals surface area contributed by atoms with Crippen molar-refractivity contribution in [2.24, 2.45) is 5.92 Å². The maximum Gasteiger partial charge on any atom is 0.321 e. The molecule has 2 aromatic carbocycles. The number of rotatable bonds is 7. The minimum Gasteiger partial charge on any atom is -0.465 e. The number of ether oxygens (including phenoxy) is 1. The number of nitrogens with zero attached hydrogens (tertiary/aromatic N) is 3. The van der Waals surface area contributed by atoms with Gasteiger partial charge in [-0.3, -0.25) is 14.5 Å². The van der Waals surface area contributed by atoms with E-state index in [0.29, 0.717) is 18.0 Å². The quantitative estimate of drug-likeness (QED) is 0.319. The van der Waals surface area contributed by atoms with Crippen LogP contribution in [-0.2, 0) is 14.3 Å². The lowest BCUT2D eigenvalue weighted by Crippen LogP contribution is -2.50. The third kappa shape index (κ3) is 3.69. The summed E-state index contributed by atoms with van der Waals surface area (Å²) < 4.78 is 22.1. The Kier molecular flexibility index (Phi) is 6.02. The van der Waals surface area contributed by atoms with Gasteiger partial charge in [0.25, 0.3) is 0 Å². The molecule has 0 spiro atoms. The van der Waals surface area contributed by atoms with E-state index in [4.69, 9.17) is 9.72 Å². The first-order chi connectivity index (χ1) is 15.1. The fraction of sp³-hybridized carbons (Fsp3) is 0.375. The summed E-state index contributed by atoms with van der Waals surface area (Å²) in [6.07, 6.45) is 2.73. The molecule has 31 heavy (non-hydrogen) atoms. The molecule has 1 aliphatic rings. The maximum atomic E-state index is 15.0. The fourth-order valence-electron chi connectivity index (χ4n) is 4.27. The topological polar surface area (TPSA) is 64.4 Å². The number of carbonyl (C=O) groups is 2. The summed E-state index contributed by atoms with van der Waals surface area (Å²) in [7, 11) is 0. The van der Waals surface area contributed by atoms with Gasteiger partial charge in [0.05, 0.1) is 23.7 Å². The van der Waals surface area contributed by atoms with Crippen molar-refractivity contribution < 1.29 is 18.7 Å². The minimum absolute atomic E-state index is 0.139. The van der Waals surface area contributed by atoms with Crippen LogP contribution in [0.3, 0.4) is 0 Å². The van der Waals surface area contributed by atoms with Crippen LogP contribution in [0.15, 0.2) is 48.5 Å². The molecule has 7 heteroatoms. The van der Waals surface area contributed by atoms with Gasteiger partial charge in [-0.1, -0.05) is 50.1 Å². The van der Waals surface area contributed by atoms with Crippen LogP contribution in [0.4, 0.5) is 10.3 Å². The van der Waals surface area contributed by atoms with Gasteiger partial charge in [0.15, 0.2) is 5.92 Å². The number of aromatic nitrogens is 2. The number of hydrogen-bond donors (Lipinski definition) is 0. The average Bonchev–Trinajstić information content (AvgIpc) is 3.14. The Hall–Kier alpha value is -3.22.